The maximum Gasteiger partial charge on any atom is -0.0383 e. The lowest BCUT2D eigenvalue weighted by molar-refractivity contribution is 0.367. The van der Waals surface area contributed by atoms with Crippen molar-refractivity contribution in [3.63, 3.8) is 0 Å². The Hall–Kier alpha value is 0. The van der Waals surface area contributed by atoms with Crippen LogP contribution in [0.1, 0.15) is 44.9 Å². The molecule has 0 heterocycles. The molecule has 0 spiro atoms. The Morgan fingerprint density at radius 3 is 1.82 bits per heavy atom. The Balaban J connectivity index is 1.93. The van der Waals surface area contributed by atoms with Gasteiger partial charge in [0.1, 0.15) is 0 Å². The summed E-state index contributed by atoms with van der Waals surface area (Å²) in [7, 11) is 0. The zero-order valence-electron chi connectivity index (χ0n) is 7.26. The Bertz CT molecular complexity index is 145. The lowest BCUT2D eigenvalue weighted by atomic mass is 9.92. The van der Waals surface area contributed by atoms with E-state index in [-0.39, 0.29) is 0 Å². The van der Waals surface area contributed by atoms with E-state index in [1.807, 2.05) is 0 Å². The van der Waals surface area contributed by atoms with Crippen molar-refractivity contribution in [2.75, 3.05) is 0 Å². The normalized spacial score (nSPS) is 54.5. The molecule has 4 aliphatic rings. The van der Waals surface area contributed by atoms with Crippen LogP contribution in [0.25, 0.3) is 0 Å². The summed E-state index contributed by atoms with van der Waals surface area (Å²) in [5, 5.41) is 0. The smallest absolute Gasteiger partial charge is 0.0383 e. The Kier molecular flexibility index (Phi) is 1.33. The molecule has 4 rings (SSSR count). The van der Waals surface area contributed by atoms with E-state index in [1.54, 1.807) is 44.9 Å². The van der Waals surface area contributed by atoms with Gasteiger partial charge in [-0.3, -0.25) is 0 Å². The third kappa shape index (κ3) is 0.947. The highest BCUT2D eigenvalue weighted by atomic mass is 14.5. The van der Waals surface area contributed by atoms with Gasteiger partial charge in [-0.1, -0.05) is 12.8 Å². The third-order valence-corrected chi connectivity index (χ3v) is 4.50. The minimum Gasteiger partial charge on any atom is -0.0502 e. The van der Waals surface area contributed by atoms with Gasteiger partial charge in [0.15, 0.2) is 0 Å². The molecule has 4 bridgehead atoms. The van der Waals surface area contributed by atoms with Crippen molar-refractivity contribution in [2.24, 2.45) is 23.7 Å². The average Bonchev–Trinajstić information content (AvgIpc) is 2.26. The van der Waals surface area contributed by atoms with E-state index in [9.17, 15) is 0 Å². The van der Waals surface area contributed by atoms with Gasteiger partial charge in [-0.2, -0.15) is 0 Å². The molecule has 0 N–H and O–H groups in total. The Morgan fingerprint density at radius 2 is 1.18 bits per heavy atom. The molecular formula is C11H18. The minimum absolute atomic E-state index is 1.15. The summed E-state index contributed by atoms with van der Waals surface area (Å²) in [5.41, 5.74) is 0. The maximum atomic E-state index is 1.61. The second-order valence-electron chi connectivity index (χ2n) is 5.11. The van der Waals surface area contributed by atoms with Crippen molar-refractivity contribution in [1.29, 1.82) is 0 Å². The zero-order valence-corrected chi connectivity index (χ0v) is 7.26. The molecule has 2 atom stereocenters. The van der Waals surface area contributed by atoms with Crippen molar-refractivity contribution in [2.45, 2.75) is 44.9 Å². The highest BCUT2D eigenvalue weighted by Crippen LogP contribution is 2.52. The van der Waals surface area contributed by atoms with Crippen LogP contribution in [0.3, 0.4) is 0 Å². The van der Waals surface area contributed by atoms with Crippen LogP contribution in [0.15, 0.2) is 0 Å². The number of hydrogen-bond acceptors (Lipinski definition) is 0. The second-order valence-corrected chi connectivity index (χ2v) is 5.11. The van der Waals surface area contributed by atoms with Crippen LogP contribution in [-0.4, -0.2) is 0 Å². The molecule has 4 aliphatic carbocycles. The molecule has 0 aliphatic heterocycles. The predicted octanol–water partition coefficient (Wildman–Crippen LogP) is 3.22. The third-order valence-electron chi connectivity index (χ3n) is 4.50. The van der Waals surface area contributed by atoms with Gasteiger partial charge in [-0.05, 0) is 55.8 Å². The van der Waals surface area contributed by atoms with Crippen LogP contribution < -0.4 is 0 Å². The fraction of sp³-hybridized carbons (Fsp3) is 1.00. The molecule has 0 aromatic carbocycles. The van der Waals surface area contributed by atoms with Gasteiger partial charge in [-0.25, -0.2) is 0 Å². The molecule has 0 saturated heterocycles. The first kappa shape index (κ1) is 6.51. The number of fused-ring (bicyclic) bond motifs is 2. The van der Waals surface area contributed by atoms with E-state index in [4.69, 9.17) is 0 Å². The summed E-state index contributed by atoms with van der Waals surface area (Å²) in [4.78, 5) is 0. The number of rotatable bonds is 0. The van der Waals surface area contributed by atoms with E-state index in [1.165, 1.54) is 17.8 Å². The molecule has 0 heteroatoms. The second kappa shape index (κ2) is 2.24. The predicted molar refractivity (Wildman–Crippen MR) is 46.3 cm³/mol. The average molecular weight is 150 g/mol. The SMILES string of the molecule is C1CC2CC3CC1CCC2C3. The molecule has 0 nitrogen and oxygen atoms in total. The Morgan fingerprint density at radius 1 is 0.545 bits per heavy atom. The molecule has 62 valence electrons. The van der Waals surface area contributed by atoms with Crippen LogP contribution in [0.5, 0.6) is 0 Å². The maximum absolute atomic E-state index is 1.61. The van der Waals surface area contributed by atoms with Crippen molar-refractivity contribution < 1.29 is 0 Å². The first-order valence-electron chi connectivity index (χ1n) is 5.42. The van der Waals surface area contributed by atoms with Gasteiger partial charge in [0.2, 0.25) is 0 Å². The summed E-state index contributed by atoms with van der Waals surface area (Å²) in [6.07, 6.45) is 11.2. The first-order chi connectivity index (χ1) is 5.42. The van der Waals surface area contributed by atoms with E-state index >= 15 is 0 Å². The van der Waals surface area contributed by atoms with Gasteiger partial charge in [0.25, 0.3) is 0 Å². The lowest BCUT2D eigenvalue weighted by Crippen LogP contribution is -2.04. The van der Waals surface area contributed by atoms with Gasteiger partial charge in [0.05, 0.1) is 0 Å². The molecule has 0 aromatic rings. The molecule has 0 amide bonds. The van der Waals surface area contributed by atoms with E-state index in [0.29, 0.717) is 0 Å². The summed E-state index contributed by atoms with van der Waals surface area (Å²) in [5.74, 6) is 4.66. The van der Waals surface area contributed by atoms with Crippen molar-refractivity contribution in [3.8, 4) is 0 Å². The standard InChI is InChI=1S/C11H18/c1-3-10-6-9-5-8(1)2-4-11(10)7-9/h8-11H,1-7H2. The van der Waals surface area contributed by atoms with E-state index < -0.39 is 0 Å². The van der Waals surface area contributed by atoms with E-state index in [0.717, 1.165) is 5.92 Å². The first-order valence-corrected chi connectivity index (χ1v) is 5.42. The van der Waals surface area contributed by atoms with Crippen molar-refractivity contribution >= 4 is 0 Å². The monoisotopic (exact) mass is 150 g/mol. The van der Waals surface area contributed by atoms with E-state index in [2.05, 4.69) is 0 Å². The van der Waals surface area contributed by atoms with Crippen LogP contribution >= 0.6 is 0 Å². The van der Waals surface area contributed by atoms with Gasteiger partial charge in [0, 0.05) is 0 Å². The number of hydrogen-bond donors (Lipinski definition) is 0. The Labute approximate surface area is 69.4 Å². The molecular weight excluding hydrogens is 132 g/mol. The fourth-order valence-electron chi connectivity index (χ4n) is 3.99. The fourth-order valence-corrected chi connectivity index (χ4v) is 3.99. The lowest BCUT2D eigenvalue weighted by Gasteiger charge is -2.14. The van der Waals surface area contributed by atoms with Gasteiger partial charge >= 0.3 is 0 Å². The largest absolute Gasteiger partial charge is 0.0502 e. The summed E-state index contributed by atoms with van der Waals surface area (Å²) in [6, 6.07) is 0. The van der Waals surface area contributed by atoms with Crippen molar-refractivity contribution in [3.05, 3.63) is 0 Å². The topological polar surface area (TPSA) is 0 Å². The molecule has 11 heavy (non-hydrogen) atoms. The molecule has 0 radical (unpaired) electrons. The molecule has 2 unspecified atom stereocenters. The van der Waals surface area contributed by atoms with Crippen molar-refractivity contribution in [1.82, 2.24) is 0 Å². The van der Waals surface area contributed by atoms with Crippen LogP contribution in [0, 0.1) is 23.7 Å². The quantitative estimate of drug-likeness (QED) is 0.497. The van der Waals surface area contributed by atoms with Crippen LogP contribution in [0.2, 0.25) is 0 Å². The highest BCUT2D eigenvalue weighted by molar-refractivity contribution is 4.91. The van der Waals surface area contributed by atoms with Gasteiger partial charge in [-0.15, -0.1) is 0 Å². The summed E-state index contributed by atoms with van der Waals surface area (Å²) >= 11 is 0. The molecule has 4 saturated carbocycles. The van der Waals surface area contributed by atoms with Crippen LogP contribution in [0.4, 0.5) is 0 Å². The zero-order chi connectivity index (χ0) is 7.26. The summed E-state index contributed by atoms with van der Waals surface area (Å²) < 4.78 is 0. The summed E-state index contributed by atoms with van der Waals surface area (Å²) in [6.45, 7) is 0. The van der Waals surface area contributed by atoms with Crippen LogP contribution in [-0.2, 0) is 0 Å². The van der Waals surface area contributed by atoms with Gasteiger partial charge < -0.3 is 0 Å². The minimum atomic E-state index is 1.15. The molecule has 0 aromatic heterocycles. The molecule has 4 fully saturated rings. The highest BCUT2D eigenvalue weighted by Gasteiger charge is 2.40.